The van der Waals surface area contributed by atoms with Gasteiger partial charge >= 0.3 is 0 Å². The van der Waals surface area contributed by atoms with Crippen LogP contribution in [0, 0.1) is 0 Å². The van der Waals surface area contributed by atoms with E-state index in [1.54, 1.807) is 0 Å². The second-order valence-corrected chi connectivity index (χ2v) is 5.97. The van der Waals surface area contributed by atoms with Crippen molar-refractivity contribution in [1.29, 1.82) is 0 Å². The van der Waals surface area contributed by atoms with Crippen LogP contribution in [-0.4, -0.2) is 17.9 Å². The molecule has 0 aliphatic rings. The number of benzene rings is 2. The smallest absolute Gasteiger partial charge is 0.152 e. The first-order chi connectivity index (χ1) is 11.8. The number of aromatic nitrogens is 1. The first kappa shape index (κ1) is 16.3. The minimum atomic E-state index is 0.645. The van der Waals surface area contributed by atoms with E-state index in [4.69, 9.17) is 4.74 Å². The molecule has 1 N–H and O–H groups in total. The molecule has 0 saturated carbocycles. The van der Waals surface area contributed by atoms with Gasteiger partial charge in [0.05, 0.1) is 12.3 Å². The first-order valence-corrected chi connectivity index (χ1v) is 8.59. The predicted octanol–water partition coefficient (Wildman–Crippen LogP) is 5.39. The lowest BCUT2D eigenvalue weighted by atomic mass is 10.0. The fourth-order valence-electron chi connectivity index (χ4n) is 3.03. The summed E-state index contributed by atoms with van der Waals surface area (Å²) in [6.45, 7) is 4.80. The highest BCUT2D eigenvalue weighted by Crippen LogP contribution is 2.31. The number of fused-ring (bicyclic) bond motifs is 1. The largest absolute Gasteiger partial charge is 0.494 e. The zero-order chi connectivity index (χ0) is 16.9. The van der Waals surface area contributed by atoms with Gasteiger partial charge in [-0.1, -0.05) is 19.4 Å². The lowest BCUT2D eigenvalue weighted by Gasteiger charge is -2.04. The number of rotatable bonds is 7. The Morgan fingerprint density at radius 1 is 1.08 bits per heavy atom. The molecule has 2 aromatic carbocycles. The van der Waals surface area contributed by atoms with Gasteiger partial charge in [0, 0.05) is 16.5 Å². The number of hydrogen-bond acceptors (Lipinski definition) is 2. The van der Waals surface area contributed by atoms with Crippen molar-refractivity contribution >= 4 is 17.2 Å². The molecule has 0 radical (unpaired) electrons. The molecule has 0 unspecified atom stereocenters. The number of nitrogens with one attached hydrogen (secondary N) is 1. The van der Waals surface area contributed by atoms with Gasteiger partial charge in [0.25, 0.3) is 0 Å². The van der Waals surface area contributed by atoms with E-state index < -0.39 is 0 Å². The molecule has 0 bridgehead atoms. The number of ether oxygens (including phenoxy) is 1. The lowest BCUT2D eigenvalue weighted by Crippen LogP contribution is -1.91. The molecule has 0 aliphatic heterocycles. The third kappa shape index (κ3) is 3.21. The number of unbranched alkanes of at least 4 members (excludes halogenated alkanes) is 1. The van der Waals surface area contributed by atoms with Crippen LogP contribution in [0.25, 0.3) is 22.2 Å². The van der Waals surface area contributed by atoms with Crippen molar-refractivity contribution < 1.29 is 9.53 Å². The van der Waals surface area contributed by atoms with Crippen molar-refractivity contribution in [3.8, 4) is 17.0 Å². The average molecular weight is 321 g/mol. The second-order valence-electron chi connectivity index (χ2n) is 5.97. The molecule has 0 spiro atoms. The molecule has 0 saturated heterocycles. The fraction of sp³-hybridized carbons (Fsp3) is 0.286. The molecule has 3 rings (SSSR count). The van der Waals surface area contributed by atoms with Crippen molar-refractivity contribution in [3.05, 3.63) is 53.6 Å². The molecule has 0 atom stereocenters. The van der Waals surface area contributed by atoms with Crippen LogP contribution in [0.15, 0.2) is 42.5 Å². The van der Waals surface area contributed by atoms with Gasteiger partial charge in [-0.3, -0.25) is 4.79 Å². The molecule has 124 valence electrons. The van der Waals surface area contributed by atoms with Crippen LogP contribution in [-0.2, 0) is 6.42 Å². The van der Waals surface area contributed by atoms with Gasteiger partial charge in [-0.25, -0.2) is 0 Å². The Hall–Kier alpha value is -2.55. The van der Waals surface area contributed by atoms with Gasteiger partial charge in [-0.05, 0) is 67.3 Å². The van der Waals surface area contributed by atoms with Gasteiger partial charge in [0.15, 0.2) is 6.29 Å². The monoisotopic (exact) mass is 321 g/mol. The zero-order valence-corrected chi connectivity index (χ0v) is 14.3. The number of hydrogen-bond donors (Lipinski definition) is 1. The number of carbonyl (C=O) groups is 1. The van der Waals surface area contributed by atoms with E-state index in [1.807, 2.05) is 31.2 Å². The third-order valence-electron chi connectivity index (χ3n) is 4.29. The molecular weight excluding hydrogens is 298 g/mol. The molecule has 3 aromatic rings. The maximum Gasteiger partial charge on any atom is 0.152 e. The number of carbonyl (C=O) groups excluding carboxylic acids is 1. The summed E-state index contributed by atoms with van der Waals surface area (Å²) in [5.41, 5.74) is 4.88. The Morgan fingerprint density at radius 3 is 2.54 bits per heavy atom. The van der Waals surface area contributed by atoms with Gasteiger partial charge < -0.3 is 9.72 Å². The molecular formula is C21H23NO2. The van der Waals surface area contributed by atoms with Crippen LogP contribution in [0.1, 0.15) is 42.6 Å². The van der Waals surface area contributed by atoms with Crippen LogP contribution in [0.3, 0.4) is 0 Å². The summed E-state index contributed by atoms with van der Waals surface area (Å²) in [6.07, 6.45) is 4.34. The van der Waals surface area contributed by atoms with Crippen molar-refractivity contribution in [2.24, 2.45) is 0 Å². The highest BCUT2D eigenvalue weighted by Gasteiger charge is 2.13. The van der Waals surface area contributed by atoms with Gasteiger partial charge in [-0.2, -0.15) is 0 Å². The Labute approximate surface area is 142 Å². The zero-order valence-electron chi connectivity index (χ0n) is 14.3. The van der Waals surface area contributed by atoms with Gasteiger partial charge in [0.2, 0.25) is 0 Å². The molecule has 0 aliphatic carbocycles. The average Bonchev–Trinajstić information content (AvgIpc) is 2.98. The first-order valence-electron chi connectivity index (χ1n) is 8.59. The van der Waals surface area contributed by atoms with E-state index in [0.717, 1.165) is 52.6 Å². The minimum Gasteiger partial charge on any atom is -0.494 e. The van der Waals surface area contributed by atoms with E-state index in [-0.39, 0.29) is 0 Å². The lowest BCUT2D eigenvalue weighted by molar-refractivity contribution is 0.112. The Morgan fingerprint density at radius 2 is 1.88 bits per heavy atom. The summed E-state index contributed by atoms with van der Waals surface area (Å²) < 4.78 is 5.49. The summed E-state index contributed by atoms with van der Waals surface area (Å²) in [6, 6.07) is 14.2. The maximum absolute atomic E-state index is 11.7. The molecule has 0 fully saturated rings. The van der Waals surface area contributed by atoms with Gasteiger partial charge in [0.1, 0.15) is 5.75 Å². The molecule has 0 amide bonds. The quantitative estimate of drug-likeness (QED) is 0.593. The van der Waals surface area contributed by atoms with Crippen LogP contribution >= 0.6 is 0 Å². The second kappa shape index (κ2) is 7.35. The molecule has 1 heterocycles. The van der Waals surface area contributed by atoms with E-state index in [9.17, 15) is 4.79 Å². The summed E-state index contributed by atoms with van der Waals surface area (Å²) in [5.74, 6) is 0.840. The molecule has 3 heteroatoms. The van der Waals surface area contributed by atoms with E-state index in [0.29, 0.717) is 6.61 Å². The molecule has 24 heavy (non-hydrogen) atoms. The summed E-state index contributed by atoms with van der Waals surface area (Å²) >= 11 is 0. The number of aryl methyl sites for hydroxylation is 1. The highest BCUT2D eigenvalue weighted by atomic mass is 16.5. The van der Waals surface area contributed by atoms with Gasteiger partial charge in [-0.15, -0.1) is 0 Å². The standard InChI is InChI=1S/C21H23NO2/c1-3-5-6-15-7-12-20-18(13-15)19(14-23)21(22-20)16-8-10-17(11-9-16)24-4-2/h7-14,22H,3-6H2,1-2H3. The third-order valence-corrected chi connectivity index (χ3v) is 4.29. The number of aromatic amines is 1. The maximum atomic E-state index is 11.7. The van der Waals surface area contributed by atoms with Crippen LogP contribution in [0.5, 0.6) is 5.75 Å². The summed E-state index contributed by atoms with van der Waals surface area (Å²) in [7, 11) is 0. The minimum absolute atomic E-state index is 0.645. The molecule has 1 aromatic heterocycles. The van der Waals surface area contributed by atoms with Crippen LogP contribution < -0.4 is 4.74 Å². The van der Waals surface area contributed by atoms with E-state index in [1.165, 1.54) is 12.0 Å². The Kier molecular flexibility index (Phi) is 4.99. The molecule has 3 nitrogen and oxygen atoms in total. The topological polar surface area (TPSA) is 42.1 Å². The number of H-pyrrole nitrogens is 1. The number of aldehydes is 1. The van der Waals surface area contributed by atoms with Crippen molar-refractivity contribution in [2.75, 3.05) is 6.61 Å². The van der Waals surface area contributed by atoms with E-state index in [2.05, 4.69) is 30.1 Å². The van der Waals surface area contributed by atoms with Crippen LogP contribution in [0.2, 0.25) is 0 Å². The highest BCUT2D eigenvalue weighted by molar-refractivity contribution is 6.04. The Balaban J connectivity index is 2.02. The summed E-state index contributed by atoms with van der Waals surface area (Å²) in [4.78, 5) is 15.1. The van der Waals surface area contributed by atoms with Crippen LogP contribution in [0.4, 0.5) is 0 Å². The normalized spacial score (nSPS) is 10.9. The van der Waals surface area contributed by atoms with Crippen molar-refractivity contribution in [3.63, 3.8) is 0 Å². The van der Waals surface area contributed by atoms with Crippen molar-refractivity contribution in [1.82, 2.24) is 4.98 Å². The Bertz CT molecular complexity index is 831. The summed E-state index contributed by atoms with van der Waals surface area (Å²) in [5, 5.41) is 1.00. The fourth-order valence-corrected chi connectivity index (χ4v) is 3.03. The SMILES string of the molecule is CCCCc1ccc2[nH]c(-c3ccc(OCC)cc3)c(C=O)c2c1. The predicted molar refractivity (Wildman–Crippen MR) is 98.9 cm³/mol. The van der Waals surface area contributed by atoms with E-state index >= 15 is 0 Å². The van der Waals surface area contributed by atoms with Crippen molar-refractivity contribution in [2.45, 2.75) is 33.1 Å².